The number of amides is 2. The van der Waals surface area contributed by atoms with Gasteiger partial charge in [0.05, 0.1) is 15.9 Å². The summed E-state index contributed by atoms with van der Waals surface area (Å²) < 4.78 is 0. The molecule has 5 rings (SSSR count). The highest BCUT2D eigenvalue weighted by molar-refractivity contribution is 5.79. The summed E-state index contributed by atoms with van der Waals surface area (Å²) in [6.45, 7) is 13.2. The van der Waals surface area contributed by atoms with Crippen LogP contribution in [0.15, 0.2) is 29.8 Å². The summed E-state index contributed by atoms with van der Waals surface area (Å²) in [5, 5.41) is 31.4. The van der Waals surface area contributed by atoms with Gasteiger partial charge in [-0.05, 0) is 117 Å². The van der Waals surface area contributed by atoms with Gasteiger partial charge >= 0.3 is 0 Å². The Morgan fingerprint density at radius 1 is 0.868 bits per heavy atom. The van der Waals surface area contributed by atoms with Gasteiger partial charge in [0.15, 0.2) is 0 Å². The molecule has 2 amide bonds. The third-order valence-electron chi connectivity index (χ3n) is 14.1. The van der Waals surface area contributed by atoms with Gasteiger partial charge in [-0.15, -0.1) is 0 Å². The van der Waals surface area contributed by atoms with Gasteiger partial charge in [-0.2, -0.15) is 0 Å². The molecule has 4 aliphatic carbocycles. The molecular formula is C42H65N5O6. The lowest BCUT2D eigenvalue weighted by atomic mass is 9.47. The van der Waals surface area contributed by atoms with E-state index in [1.54, 1.807) is 5.57 Å². The van der Waals surface area contributed by atoms with Crippen LogP contribution in [-0.2, 0) is 9.59 Å². The Bertz CT molecular complexity index is 1510. The van der Waals surface area contributed by atoms with E-state index < -0.39 is 9.85 Å². The molecule has 4 aliphatic rings. The number of allylic oxidation sites excluding steroid dienone is 1. The predicted octanol–water partition coefficient (Wildman–Crippen LogP) is 9.51. The van der Waals surface area contributed by atoms with Crippen LogP contribution in [0.25, 0.3) is 0 Å². The number of anilines is 1. The number of nitro groups is 2. The van der Waals surface area contributed by atoms with E-state index in [2.05, 4.69) is 56.6 Å². The van der Waals surface area contributed by atoms with E-state index >= 15 is 0 Å². The lowest BCUT2D eigenvalue weighted by Gasteiger charge is -2.58. The number of hydrogen-bond donors (Lipinski definition) is 3. The molecule has 4 unspecified atom stereocenters. The maximum atomic E-state index is 12.9. The van der Waals surface area contributed by atoms with E-state index in [-0.39, 0.29) is 46.8 Å². The minimum absolute atomic E-state index is 0.00690. The molecule has 294 valence electrons. The molecule has 3 N–H and O–H groups in total. The molecule has 1 aromatic carbocycles. The Morgan fingerprint density at radius 2 is 1.66 bits per heavy atom. The van der Waals surface area contributed by atoms with Crippen molar-refractivity contribution in [3.63, 3.8) is 0 Å². The molecule has 0 aliphatic heterocycles. The van der Waals surface area contributed by atoms with E-state index in [9.17, 15) is 29.8 Å². The van der Waals surface area contributed by atoms with Gasteiger partial charge < -0.3 is 16.0 Å². The largest absolute Gasteiger partial charge is 0.379 e. The summed E-state index contributed by atoms with van der Waals surface area (Å²) in [7, 11) is 0. The van der Waals surface area contributed by atoms with Crippen molar-refractivity contribution >= 4 is 28.9 Å². The van der Waals surface area contributed by atoms with Crippen molar-refractivity contribution in [3.05, 3.63) is 50.1 Å². The predicted molar refractivity (Wildman–Crippen MR) is 209 cm³/mol. The molecule has 11 heteroatoms. The summed E-state index contributed by atoms with van der Waals surface area (Å²) in [5.41, 5.74) is 1.88. The first-order chi connectivity index (χ1) is 25.2. The number of unbranched alkanes of at least 4 members (excludes halogenated alkanes) is 2. The average molecular weight is 736 g/mol. The van der Waals surface area contributed by atoms with Crippen molar-refractivity contribution in [3.8, 4) is 0 Å². The van der Waals surface area contributed by atoms with E-state index in [1.165, 1.54) is 63.5 Å². The van der Waals surface area contributed by atoms with Gasteiger partial charge in [0.2, 0.25) is 11.8 Å². The maximum Gasteiger partial charge on any atom is 0.299 e. The minimum atomic E-state index is -0.662. The molecule has 53 heavy (non-hydrogen) atoms. The molecule has 0 heterocycles. The van der Waals surface area contributed by atoms with Crippen LogP contribution < -0.4 is 16.0 Å². The number of carbonyl (C=O) groups excluding carboxylic acids is 2. The number of nitrogens with zero attached hydrogens (tertiary/aromatic N) is 2. The summed E-state index contributed by atoms with van der Waals surface area (Å²) in [6.07, 6.45) is 19.2. The smallest absolute Gasteiger partial charge is 0.299 e. The summed E-state index contributed by atoms with van der Waals surface area (Å²) in [6, 6.07) is 3.69. The van der Waals surface area contributed by atoms with Crippen molar-refractivity contribution in [2.75, 3.05) is 18.4 Å². The van der Waals surface area contributed by atoms with E-state index in [0.29, 0.717) is 37.8 Å². The first kappa shape index (κ1) is 40.7. The molecule has 3 fully saturated rings. The van der Waals surface area contributed by atoms with E-state index in [0.717, 1.165) is 67.3 Å². The number of nitro benzene ring substituents is 2. The number of nitrogens with one attached hydrogen (secondary N) is 3. The van der Waals surface area contributed by atoms with Crippen molar-refractivity contribution in [1.29, 1.82) is 0 Å². The van der Waals surface area contributed by atoms with Gasteiger partial charge in [0.1, 0.15) is 5.69 Å². The Labute approximate surface area is 316 Å². The molecule has 8 atom stereocenters. The first-order valence-corrected chi connectivity index (χ1v) is 20.6. The second-order valence-electron chi connectivity index (χ2n) is 17.9. The van der Waals surface area contributed by atoms with Crippen LogP contribution in [0.3, 0.4) is 0 Å². The fourth-order valence-corrected chi connectivity index (χ4v) is 11.3. The van der Waals surface area contributed by atoms with Crippen LogP contribution in [0, 0.1) is 66.6 Å². The molecule has 0 bridgehead atoms. The van der Waals surface area contributed by atoms with Crippen molar-refractivity contribution < 1.29 is 19.4 Å². The lowest BCUT2D eigenvalue weighted by molar-refractivity contribution is -0.393. The molecular weight excluding hydrogens is 670 g/mol. The zero-order valence-electron chi connectivity index (χ0n) is 32.9. The highest BCUT2D eigenvalue weighted by Gasteiger charge is 2.59. The van der Waals surface area contributed by atoms with Gasteiger partial charge in [-0.3, -0.25) is 29.8 Å². The molecule has 11 nitrogen and oxygen atoms in total. The third-order valence-corrected chi connectivity index (χ3v) is 14.1. The van der Waals surface area contributed by atoms with E-state index in [1.807, 2.05) is 0 Å². The zero-order valence-corrected chi connectivity index (χ0v) is 32.9. The maximum absolute atomic E-state index is 12.9. The molecule has 1 aromatic rings. The van der Waals surface area contributed by atoms with Crippen LogP contribution in [-0.4, -0.2) is 40.8 Å². The highest BCUT2D eigenvalue weighted by Crippen LogP contribution is 2.67. The number of carbonyl (C=O) groups is 2. The number of fused-ring (bicyclic) bond motifs is 5. The SMILES string of the molecule is CC(C)CCCC(C)[C@H]1CCC2C3CC=C4C[C@@H](NC(=O)CCNC(=O)CCCCCNc5ccc([N+](=O)[O-])cc5[N+](=O)[O-])CC[C@]4(C)C3CC[C@@]21C. The fourth-order valence-electron chi connectivity index (χ4n) is 11.3. The van der Waals surface area contributed by atoms with Crippen LogP contribution >= 0.6 is 0 Å². The Balaban J connectivity index is 0.990. The van der Waals surface area contributed by atoms with Gasteiger partial charge in [-0.25, -0.2) is 0 Å². The lowest BCUT2D eigenvalue weighted by Crippen LogP contribution is -2.52. The van der Waals surface area contributed by atoms with Crippen LogP contribution in [0.4, 0.5) is 17.1 Å². The van der Waals surface area contributed by atoms with Crippen LogP contribution in [0.5, 0.6) is 0 Å². The second kappa shape index (κ2) is 17.8. The fraction of sp³-hybridized carbons (Fsp3) is 0.762. The van der Waals surface area contributed by atoms with Crippen LogP contribution in [0.2, 0.25) is 0 Å². The van der Waals surface area contributed by atoms with Crippen molar-refractivity contribution in [1.82, 2.24) is 10.6 Å². The normalized spacial score (nSPS) is 29.6. The molecule has 0 radical (unpaired) electrons. The summed E-state index contributed by atoms with van der Waals surface area (Å²) in [5.74, 6) is 4.80. The Hall–Kier alpha value is -3.50. The topological polar surface area (TPSA) is 157 Å². The molecule has 3 saturated carbocycles. The monoisotopic (exact) mass is 735 g/mol. The van der Waals surface area contributed by atoms with Gasteiger partial charge in [-0.1, -0.05) is 72.0 Å². The van der Waals surface area contributed by atoms with Crippen LogP contribution in [0.1, 0.15) is 137 Å². The summed E-state index contributed by atoms with van der Waals surface area (Å²) >= 11 is 0. The molecule has 0 aromatic heterocycles. The van der Waals surface area contributed by atoms with Crippen molar-refractivity contribution in [2.45, 2.75) is 143 Å². The summed E-state index contributed by atoms with van der Waals surface area (Å²) in [4.78, 5) is 46.2. The number of hydrogen-bond acceptors (Lipinski definition) is 7. The first-order valence-electron chi connectivity index (χ1n) is 20.6. The van der Waals surface area contributed by atoms with Gasteiger partial charge in [0, 0.05) is 38.0 Å². The minimum Gasteiger partial charge on any atom is -0.379 e. The standard InChI is InChI=1S/C42H65N5O6/c1-28(2)10-9-11-29(3)34-16-17-35-33-15-13-30-26-31(19-22-41(30,4)36(33)20-23-42(34,35)5)45-40(49)21-25-44-39(48)12-7-6-8-24-43-37-18-14-32(46(50)51)27-38(37)47(52)53/h13-14,18,27-29,31,33-36,43H,6-12,15-17,19-26H2,1-5H3,(H,44,48)(H,45,49)/t29?,31-,33?,34+,35?,36?,41-,42+/m0/s1. The second-order valence-corrected chi connectivity index (χ2v) is 17.9. The molecule has 0 saturated heterocycles. The number of non-ortho nitro benzene ring substituents is 1. The quantitative estimate of drug-likeness (QED) is 0.0587. The zero-order chi connectivity index (χ0) is 38.3. The Kier molecular flexibility index (Phi) is 13.6. The van der Waals surface area contributed by atoms with Crippen molar-refractivity contribution in [2.24, 2.45) is 46.3 Å². The number of rotatable bonds is 18. The third kappa shape index (κ3) is 9.60. The van der Waals surface area contributed by atoms with E-state index in [4.69, 9.17) is 0 Å². The average Bonchev–Trinajstić information content (AvgIpc) is 3.47. The Morgan fingerprint density at radius 3 is 2.40 bits per heavy atom. The van der Waals surface area contributed by atoms with Gasteiger partial charge in [0.25, 0.3) is 11.4 Å². The highest BCUT2D eigenvalue weighted by atomic mass is 16.6. The molecule has 0 spiro atoms. The number of benzene rings is 1.